The number of aliphatic hydroxyl groups is 1. The Labute approximate surface area is 221 Å². The molecule has 2 atom stereocenters. The first-order valence-corrected chi connectivity index (χ1v) is 12.9. The third-order valence-electron chi connectivity index (χ3n) is 7.26. The topological polar surface area (TPSA) is 69.3 Å². The van der Waals surface area contributed by atoms with Crippen LogP contribution in [0.1, 0.15) is 47.4 Å². The number of hydrogen-bond donors (Lipinski definition) is 1. The second-order valence-corrected chi connectivity index (χ2v) is 9.70. The van der Waals surface area contributed by atoms with Crippen LogP contribution in [0.25, 0.3) is 11.5 Å². The lowest BCUT2D eigenvalue weighted by Crippen LogP contribution is -2.32. The molecule has 2 aromatic heterocycles. The van der Waals surface area contributed by atoms with Crippen molar-refractivity contribution >= 4 is 0 Å². The molecule has 0 aliphatic carbocycles. The average Bonchev–Trinajstić information content (AvgIpc) is 3.39. The molecule has 1 N–H and O–H groups in total. The Morgan fingerprint density at radius 3 is 2.13 bits per heavy atom. The molecule has 0 spiro atoms. The van der Waals surface area contributed by atoms with E-state index in [1.807, 2.05) is 53.2 Å². The van der Waals surface area contributed by atoms with Gasteiger partial charge in [0, 0.05) is 24.7 Å². The van der Waals surface area contributed by atoms with E-state index < -0.39 is 6.10 Å². The van der Waals surface area contributed by atoms with Crippen molar-refractivity contribution in [1.82, 2.24) is 14.1 Å². The molecule has 0 saturated heterocycles. The van der Waals surface area contributed by atoms with Gasteiger partial charge in [0.25, 0.3) is 0 Å². The van der Waals surface area contributed by atoms with E-state index in [2.05, 4.69) is 58.1 Å². The summed E-state index contributed by atoms with van der Waals surface area (Å²) in [6.45, 7) is 2.59. The zero-order valence-electron chi connectivity index (χ0n) is 21.1. The summed E-state index contributed by atoms with van der Waals surface area (Å²) >= 11 is 0. The van der Waals surface area contributed by atoms with Crippen molar-refractivity contribution in [2.24, 2.45) is 0 Å². The number of fused-ring (bicyclic) bond motifs is 3. The molecule has 3 aromatic carbocycles. The van der Waals surface area contributed by atoms with Gasteiger partial charge < -0.3 is 19.0 Å². The molecular weight excluding hydrogens is 474 g/mol. The van der Waals surface area contributed by atoms with Crippen molar-refractivity contribution < 1.29 is 9.84 Å². The monoisotopic (exact) mass is 503 g/mol. The quantitative estimate of drug-likeness (QED) is 0.308. The summed E-state index contributed by atoms with van der Waals surface area (Å²) in [4.78, 5) is 17.9. The summed E-state index contributed by atoms with van der Waals surface area (Å²) < 4.78 is 10.4. The normalized spacial score (nSPS) is 15.1. The number of pyridine rings is 1. The van der Waals surface area contributed by atoms with Gasteiger partial charge in [0.2, 0.25) is 5.43 Å². The third-order valence-corrected chi connectivity index (χ3v) is 7.26. The maximum absolute atomic E-state index is 13.3. The molecule has 6 heteroatoms. The van der Waals surface area contributed by atoms with Crippen molar-refractivity contribution in [3.63, 3.8) is 0 Å². The molecule has 0 amide bonds. The number of aliphatic hydroxyl groups excluding tert-OH is 1. The molecule has 0 radical (unpaired) electrons. The highest BCUT2D eigenvalue weighted by atomic mass is 16.5. The van der Waals surface area contributed by atoms with Crippen LogP contribution in [0.5, 0.6) is 5.75 Å². The summed E-state index contributed by atoms with van der Waals surface area (Å²) in [5.41, 5.74) is 4.46. The molecule has 1 unspecified atom stereocenters. The van der Waals surface area contributed by atoms with E-state index >= 15 is 0 Å². The maximum atomic E-state index is 13.3. The molecule has 38 heavy (non-hydrogen) atoms. The fourth-order valence-electron chi connectivity index (χ4n) is 5.50. The van der Waals surface area contributed by atoms with Gasteiger partial charge in [-0.25, -0.2) is 4.98 Å². The Balaban J connectivity index is 1.55. The Hall–Kier alpha value is -4.42. The van der Waals surface area contributed by atoms with Gasteiger partial charge in [-0.1, -0.05) is 91.0 Å². The van der Waals surface area contributed by atoms with Crippen molar-refractivity contribution in [3.8, 4) is 17.3 Å². The van der Waals surface area contributed by atoms with Gasteiger partial charge >= 0.3 is 0 Å². The molecule has 6 nitrogen and oxygen atoms in total. The molecular formula is C32H29N3O3. The van der Waals surface area contributed by atoms with Gasteiger partial charge in [0.15, 0.2) is 11.6 Å². The number of rotatable bonds is 7. The second kappa shape index (κ2) is 10.1. The molecule has 5 aromatic rings. The van der Waals surface area contributed by atoms with Crippen LogP contribution in [0.3, 0.4) is 0 Å². The minimum atomic E-state index is -0.709. The van der Waals surface area contributed by atoms with Crippen LogP contribution in [-0.4, -0.2) is 19.2 Å². The van der Waals surface area contributed by atoms with E-state index in [1.165, 1.54) is 11.1 Å². The predicted molar refractivity (Wildman–Crippen MR) is 147 cm³/mol. The summed E-state index contributed by atoms with van der Waals surface area (Å²) in [7, 11) is 0. The molecule has 3 heterocycles. The Morgan fingerprint density at radius 2 is 1.53 bits per heavy atom. The summed E-state index contributed by atoms with van der Waals surface area (Å²) in [6, 6.07) is 32.1. The fraction of sp³-hybridized carbons (Fsp3) is 0.188. The van der Waals surface area contributed by atoms with E-state index in [-0.39, 0.29) is 29.7 Å². The molecule has 1 aliphatic heterocycles. The van der Waals surface area contributed by atoms with Gasteiger partial charge in [-0.3, -0.25) is 4.79 Å². The zero-order valence-corrected chi connectivity index (χ0v) is 21.1. The number of nitrogens with zero attached hydrogens (tertiary/aromatic N) is 3. The van der Waals surface area contributed by atoms with Crippen molar-refractivity contribution in [2.45, 2.75) is 38.1 Å². The molecule has 6 rings (SSSR count). The molecule has 1 aliphatic rings. The van der Waals surface area contributed by atoms with Crippen LogP contribution < -0.4 is 10.2 Å². The summed E-state index contributed by atoms with van der Waals surface area (Å²) in [6.07, 6.45) is 2.85. The van der Waals surface area contributed by atoms with Crippen LogP contribution in [0, 0.1) is 0 Å². The molecule has 0 bridgehead atoms. The van der Waals surface area contributed by atoms with E-state index in [4.69, 9.17) is 4.74 Å². The number of benzene rings is 3. The summed E-state index contributed by atoms with van der Waals surface area (Å²) in [5.74, 6) is 0.876. The molecule has 0 fully saturated rings. The Kier molecular flexibility index (Phi) is 6.40. The lowest BCUT2D eigenvalue weighted by atomic mass is 9.83. The number of ether oxygens (including phenoxy) is 1. The first-order chi connectivity index (χ1) is 18.6. The van der Waals surface area contributed by atoms with Gasteiger partial charge in [-0.15, -0.1) is 0 Å². The minimum Gasteiger partial charge on any atom is -0.483 e. The standard InChI is InChI=1S/C32H29N3O3/c1-22(36)26-19-33-32-30-31(38-21-23-11-5-2-6-12-23)28(37)17-18-34(30)27(20-35(26)32)29(24-13-7-3-8-14-24)25-15-9-4-10-16-25/h2-19,22,27,29,36H,20-21H2,1H3/t22?,27-/m1/s1. The zero-order chi connectivity index (χ0) is 26.1. The van der Waals surface area contributed by atoms with Crippen molar-refractivity contribution in [2.75, 3.05) is 0 Å². The third kappa shape index (κ3) is 4.33. The molecule has 190 valence electrons. The number of aromatic nitrogens is 3. The average molecular weight is 504 g/mol. The first kappa shape index (κ1) is 23.9. The number of imidazole rings is 1. The van der Waals surface area contributed by atoms with Crippen molar-refractivity contribution in [3.05, 3.63) is 142 Å². The van der Waals surface area contributed by atoms with Gasteiger partial charge in [-0.05, 0) is 23.6 Å². The second-order valence-electron chi connectivity index (χ2n) is 9.70. The van der Waals surface area contributed by atoms with Gasteiger partial charge in [0.1, 0.15) is 12.3 Å². The van der Waals surface area contributed by atoms with Crippen LogP contribution in [0.15, 0.2) is 114 Å². The predicted octanol–water partition coefficient (Wildman–Crippen LogP) is 5.73. The SMILES string of the molecule is CC(O)c1cnc2n1C[C@H](C(c1ccccc1)c1ccccc1)n1ccc(=O)c(OCc3ccccc3)c1-2. The maximum Gasteiger partial charge on any atom is 0.224 e. The summed E-state index contributed by atoms with van der Waals surface area (Å²) in [5, 5.41) is 10.6. The van der Waals surface area contributed by atoms with Gasteiger partial charge in [0.05, 0.1) is 24.0 Å². The number of hydrogen-bond acceptors (Lipinski definition) is 4. The van der Waals surface area contributed by atoms with E-state index in [0.717, 1.165) is 5.56 Å². The lowest BCUT2D eigenvalue weighted by molar-refractivity contribution is 0.186. The Morgan fingerprint density at radius 1 is 0.921 bits per heavy atom. The van der Waals surface area contributed by atoms with Crippen LogP contribution >= 0.6 is 0 Å². The molecule has 0 saturated carbocycles. The van der Waals surface area contributed by atoms with E-state index in [1.54, 1.807) is 19.2 Å². The van der Waals surface area contributed by atoms with Crippen LogP contribution in [0.2, 0.25) is 0 Å². The van der Waals surface area contributed by atoms with Crippen LogP contribution in [0.4, 0.5) is 0 Å². The van der Waals surface area contributed by atoms with E-state index in [9.17, 15) is 9.90 Å². The lowest BCUT2D eigenvalue weighted by Gasteiger charge is -2.37. The van der Waals surface area contributed by atoms with Gasteiger partial charge in [-0.2, -0.15) is 0 Å². The first-order valence-electron chi connectivity index (χ1n) is 12.9. The Bertz CT molecular complexity index is 1550. The highest BCUT2D eigenvalue weighted by molar-refractivity contribution is 5.63. The largest absolute Gasteiger partial charge is 0.483 e. The fourth-order valence-corrected chi connectivity index (χ4v) is 5.50. The van der Waals surface area contributed by atoms with E-state index in [0.29, 0.717) is 23.8 Å². The highest BCUT2D eigenvalue weighted by Crippen LogP contribution is 2.44. The highest BCUT2D eigenvalue weighted by Gasteiger charge is 2.36. The van der Waals surface area contributed by atoms with Crippen LogP contribution in [-0.2, 0) is 13.2 Å². The smallest absolute Gasteiger partial charge is 0.224 e. The minimum absolute atomic E-state index is 0.0157. The van der Waals surface area contributed by atoms with Crippen molar-refractivity contribution in [1.29, 1.82) is 0 Å².